The smallest absolute Gasteiger partial charge is 0.246 e. The molecule has 2 amide bonds. The highest BCUT2D eigenvalue weighted by atomic mass is 19.1. The minimum absolute atomic E-state index is 0.00406. The highest BCUT2D eigenvalue weighted by Crippen LogP contribution is 2.63. The summed E-state index contributed by atoms with van der Waals surface area (Å²) < 4.78 is 13.5. The molecule has 0 radical (unpaired) electrons. The molecule has 0 saturated heterocycles. The molecule has 1 heterocycles. The Bertz CT molecular complexity index is 961. The van der Waals surface area contributed by atoms with E-state index >= 15 is 0 Å². The number of rotatable bonds is 3. The van der Waals surface area contributed by atoms with Gasteiger partial charge in [-0.15, -0.1) is 0 Å². The van der Waals surface area contributed by atoms with Crippen LogP contribution in [-0.2, 0) is 16.0 Å². The highest BCUT2D eigenvalue weighted by Gasteiger charge is 2.60. The van der Waals surface area contributed by atoms with Crippen molar-refractivity contribution < 1.29 is 14.0 Å². The Kier molecular flexibility index (Phi) is 5.22. The minimum Gasteiger partial charge on any atom is -0.353 e. The van der Waals surface area contributed by atoms with E-state index in [2.05, 4.69) is 25.2 Å². The maximum Gasteiger partial charge on any atom is 0.246 e. The van der Waals surface area contributed by atoms with Gasteiger partial charge in [0.05, 0.1) is 6.42 Å². The Morgan fingerprint density at radius 1 is 1.16 bits per heavy atom. The number of halogens is 1. The first kappa shape index (κ1) is 21.7. The predicted molar refractivity (Wildman–Crippen MR) is 122 cm³/mol. The summed E-state index contributed by atoms with van der Waals surface area (Å²) in [4.78, 5) is 27.0. The Morgan fingerprint density at radius 3 is 2.75 bits per heavy atom. The van der Waals surface area contributed by atoms with Gasteiger partial charge in [0.15, 0.2) is 0 Å². The van der Waals surface area contributed by atoms with Crippen LogP contribution in [0.15, 0.2) is 36.4 Å². The first-order valence-corrected chi connectivity index (χ1v) is 12.2. The Balaban J connectivity index is 1.31. The molecule has 5 heteroatoms. The normalized spacial score (nSPS) is 40.4. The second kappa shape index (κ2) is 7.71. The quantitative estimate of drug-likeness (QED) is 0.756. The molecule has 0 aromatic heterocycles. The van der Waals surface area contributed by atoms with E-state index in [1.165, 1.54) is 18.6 Å². The number of benzene rings is 1. The van der Waals surface area contributed by atoms with E-state index in [9.17, 15) is 14.0 Å². The molecule has 1 aromatic carbocycles. The fourth-order valence-corrected chi connectivity index (χ4v) is 8.05. The van der Waals surface area contributed by atoms with E-state index in [0.717, 1.165) is 37.7 Å². The monoisotopic (exact) mass is 438 g/mol. The number of fused-ring (bicyclic) bond motifs is 5. The molecule has 3 saturated carbocycles. The Labute approximate surface area is 190 Å². The number of carbonyl (C=O) groups excluding carboxylic acids is 2. The van der Waals surface area contributed by atoms with Crippen molar-refractivity contribution in [2.75, 3.05) is 7.05 Å². The zero-order valence-corrected chi connectivity index (χ0v) is 19.4. The molecule has 7 atom stereocenters. The Morgan fingerprint density at radius 2 is 1.97 bits per heavy atom. The van der Waals surface area contributed by atoms with Gasteiger partial charge in [-0.25, -0.2) is 4.39 Å². The number of hydrogen-bond acceptors (Lipinski definition) is 2. The molecule has 3 aliphatic carbocycles. The second-order valence-electron chi connectivity index (χ2n) is 11.2. The summed E-state index contributed by atoms with van der Waals surface area (Å²) in [6.07, 6.45) is 10.9. The van der Waals surface area contributed by atoms with Gasteiger partial charge < -0.3 is 10.2 Å². The standard InChI is InChI=1S/C27H35FN2O2/c1-26-13-11-21-19(7-10-23-27(21,2)14-12-25(32)30(23)3)20(26)8-9-22(26)29-24(31)16-17-5-4-6-18(28)15-17/h4-6,12,14-15,19-23H,7-11,13,16H2,1-3H3,(H,29,31)/t19-,20-,21-,22-,23+,26-,27+/m0/s1. The first-order valence-electron chi connectivity index (χ1n) is 12.2. The van der Waals surface area contributed by atoms with E-state index in [0.29, 0.717) is 23.8 Å². The van der Waals surface area contributed by atoms with Crippen LogP contribution < -0.4 is 5.32 Å². The summed E-state index contributed by atoms with van der Waals surface area (Å²) in [5.74, 6) is 1.67. The predicted octanol–water partition coefficient (Wildman–Crippen LogP) is 4.49. The second-order valence-corrected chi connectivity index (χ2v) is 11.2. The van der Waals surface area contributed by atoms with Crippen LogP contribution in [0.25, 0.3) is 0 Å². The third-order valence-electron chi connectivity index (χ3n) is 9.72. The van der Waals surface area contributed by atoms with Crippen LogP contribution in [-0.4, -0.2) is 35.8 Å². The molecule has 0 spiro atoms. The number of likely N-dealkylation sites (N-methyl/N-ethyl adjacent to an activating group) is 1. The van der Waals surface area contributed by atoms with E-state index < -0.39 is 0 Å². The van der Waals surface area contributed by atoms with Crippen LogP contribution in [0.5, 0.6) is 0 Å². The summed E-state index contributed by atoms with van der Waals surface area (Å²) >= 11 is 0. The summed E-state index contributed by atoms with van der Waals surface area (Å²) in [7, 11) is 1.96. The van der Waals surface area contributed by atoms with Crippen molar-refractivity contribution in [2.45, 2.75) is 70.9 Å². The van der Waals surface area contributed by atoms with Crippen molar-refractivity contribution >= 4 is 11.8 Å². The van der Waals surface area contributed by atoms with Gasteiger partial charge in [0.25, 0.3) is 0 Å². The third kappa shape index (κ3) is 3.31. The van der Waals surface area contributed by atoms with Gasteiger partial charge in [-0.05, 0) is 85.5 Å². The van der Waals surface area contributed by atoms with Gasteiger partial charge in [0.1, 0.15) is 5.82 Å². The van der Waals surface area contributed by atoms with Crippen molar-refractivity contribution in [2.24, 2.45) is 28.6 Å². The van der Waals surface area contributed by atoms with Crippen molar-refractivity contribution in [1.82, 2.24) is 10.2 Å². The summed E-state index contributed by atoms with van der Waals surface area (Å²) in [6.45, 7) is 4.75. The molecule has 0 unspecified atom stereocenters. The fourth-order valence-electron chi connectivity index (χ4n) is 8.05. The van der Waals surface area contributed by atoms with Crippen molar-refractivity contribution in [3.63, 3.8) is 0 Å². The summed E-state index contributed by atoms with van der Waals surface area (Å²) in [6, 6.07) is 6.81. The van der Waals surface area contributed by atoms with Gasteiger partial charge in [0, 0.05) is 24.5 Å². The number of nitrogens with zero attached hydrogens (tertiary/aromatic N) is 1. The molecule has 172 valence electrons. The maximum atomic E-state index is 13.5. The molecule has 4 aliphatic rings. The summed E-state index contributed by atoms with van der Waals surface area (Å²) in [5.41, 5.74) is 0.883. The van der Waals surface area contributed by atoms with Gasteiger partial charge in [-0.1, -0.05) is 32.1 Å². The average molecular weight is 439 g/mol. The topological polar surface area (TPSA) is 49.4 Å². The first-order chi connectivity index (χ1) is 15.2. The van der Waals surface area contributed by atoms with Crippen LogP contribution >= 0.6 is 0 Å². The minimum atomic E-state index is -0.297. The van der Waals surface area contributed by atoms with Crippen molar-refractivity contribution in [3.8, 4) is 0 Å². The van der Waals surface area contributed by atoms with Gasteiger partial charge in [0.2, 0.25) is 11.8 Å². The largest absolute Gasteiger partial charge is 0.353 e. The van der Waals surface area contributed by atoms with E-state index in [-0.39, 0.29) is 40.9 Å². The molecular formula is C27H35FN2O2. The maximum absolute atomic E-state index is 13.5. The van der Waals surface area contributed by atoms with Crippen LogP contribution in [0.4, 0.5) is 4.39 Å². The van der Waals surface area contributed by atoms with E-state index in [1.54, 1.807) is 12.1 Å². The van der Waals surface area contributed by atoms with Crippen molar-refractivity contribution in [3.05, 3.63) is 47.8 Å². The molecule has 0 bridgehead atoms. The zero-order valence-electron chi connectivity index (χ0n) is 19.4. The number of nitrogens with one attached hydrogen (secondary N) is 1. The number of amides is 2. The van der Waals surface area contributed by atoms with Crippen LogP contribution in [0.1, 0.15) is 57.9 Å². The molecule has 1 N–H and O–H groups in total. The van der Waals surface area contributed by atoms with Crippen LogP contribution in [0.2, 0.25) is 0 Å². The lowest BCUT2D eigenvalue weighted by atomic mass is 9.48. The number of carbonyl (C=O) groups is 2. The van der Waals surface area contributed by atoms with E-state index in [4.69, 9.17) is 0 Å². The lowest BCUT2D eigenvalue weighted by molar-refractivity contribution is -0.138. The molecule has 3 fully saturated rings. The van der Waals surface area contributed by atoms with Gasteiger partial charge >= 0.3 is 0 Å². The zero-order chi connectivity index (χ0) is 22.7. The molecule has 1 aromatic rings. The third-order valence-corrected chi connectivity index (χ3v) is 9.72. The fraction of sp³-hybridized carbons (Fsp3) is 0.630. The average Bonchev–Trinajstić information content (AvgIpc) is 3.07. The number of hydrogen-bond donors (Lipinski definition) is 1. The molecular weight excluding hydrogens is 403 g/mol. The summed E-state index contributed by atoms with van der Waals surface area (Å²) in [5, 5.41) is 3.33. The highest BCUT2D eigenvalue weighted by molar-refractivity contribution is 5.89. The van der Waals surface area contributed by atoms with Gasteiger partial charge in [-0.2, -0.15) is 0 Å². The van der Waals surface area contributed by atoms with Crippen LogP contribution in [0.3, 0.4) is 0 Å². The van der Waals surface area contributed by atoms with Gasteiger partial charge in [-0.3, -0.25) is 9.59 Å². The van der Waals surface area contributed by atoms with Crippen LogP contribution in [0, 0.1) is 34.4 Å². The SMILES string of the molecule is CN1C(=O)C=C[C@]2(C)[C@H]3CC[C@]4(C)[C@@H](NC(=O)Cc5cccc(F)c5)CC[C@H]4[C@@H]3CC[C@@H]12. The molecule has 5 rings (SSSR count). The lowest BCUT2D eigenvalue weighted by Crippen LogP contribution is -2.60. The van der Waals surface area contributed by atoms with Crippen molar-refractivity contribution in [1.29, 1.82) is 0 Å². The molecule has 32 heavy (non-hydrogen) atoms. The lowest BCUT2D eigenvalue weighted by Gasteiger charge is -2.60. The van der Waals surface area contributed by atoms with E-state index in [1.807, 2.05) is 18.0 Å². The molecule has 1 aliphatic heterocycles. The Hall–Kier alpha value is -2.17. The molecule has 4 nitrogen and oxygen atoms in total.